The largest absolute Gasteiger partial charge is 0.465 e. The molecule has 0 heterocycles. The highest BCUT2D eigenvalue weighted by molar-refractivity contribution is 7.99. The second kappa shape index (κ2) is 7.88. The zero-order valence-corrected chi connectivity index (χ0v) is 17.3. The van der Waals surface area contributed by atoms with Gasteiger partial charge in [0.15, 0.2) is 11.2 Å². The Morgan fingerprint density at radius 1 is 1.03 bits per heavy atom. The van der Waals surface area contributed by atoms with E-state index in [0.717, 1.165) is 20.9 Å². The molecule has 29 heavy (non-hydrogen) atoms. The zero-order valence-electron chi connectivity index (χ0n) is 16.5. The van der Waals surface area contributed by atoms with Gasteiger partial charge in [0.25, 0.3) is 0 Å². The van der Waals surface area contributed by atoms with Gasteiger partial charge >= 0.3 is 5.97 Å². The molecule has 0 radical (unpaired) electrons. The van der Waals surface area contributed by atoms with Gasteiger partial charge in [0, 0.05) is 21.8 Å². The number of esters is 1. The molecule has 4 rings (SSSR count). The summed E-state index contributed by atoms with van der Waals surface area (Å²) in [6, 6.07) is 23.5. The Morgan fingerprint density at radius 3 is 2.52 bits per heavy atom. The average Bonchev–Trinajstić information content (AvgIpc) is 3.02. The third-order valence-electron chi connectivity index (χ3n) is 5.29. The van der Waals surface area contributed by atoms with Crippen molar-refractivity contribution in [3.05, 3.63) is 95.1 Å². The van der Waals surface area contributed by atoms with Crippen LogP contribution < -0.4 is 0 Å². The fourth-order valence-corrected chi connectivity index (χ4v) is 4.97. The first-order chi connectivity index (χ1) is 14.1. The molecule has 1 aliphatic rings. The number of carbonyl (C=O) groups is 2. The van der Waals surface area contributed by atoms with Crippen molar-refractivity contribution in [3.8, 4) is 0 Å². The molecular weight excluding hydrogens is 380 g/mol. The van der Waals surface area contributed by atoms with E-state index in [9.17, 15) is 9.59 Å². The Kier molecular flexibility index (Phi) is 5.29. The van der Waals surface area contributed by atoms with E-state index in [-0.39, 0.29) is 12.4 Å². The van der Waals surface area contributed by atoms with Gasteiger partial charge in [-0.15, -0.1) is 0 Å². The van der Waals surface area contributed by atoms with Crippen LogP contribution in [0.3, 0.4) is 0 Å². The van der Waals surface area contributed by atoms with Gasteiger partial charge in [0.05, 0.1) is 6.61 Å². The van der Waals surface area contributed by atoms with Crippen molar-refractivity contribution in [1.29, 1.82) is 0 Å². The van der Waals surface area contributed by atoms with Gasteiger partial charge in [0.2, 0.25) is 0 Å². The minimum absolute atomic E-state index is 0.171. The molecule has 1 unspecified atom stereocenters. The fraction of sp³-hybridized carbons (Fsp3) is 0.200. The van der Waals surface area contributed by atoms with E-state index < -0.39 is 11.4 Å². The number of ether oxygens (including phenoxy) is 1. The summed E-state index contributed by atoms with van der Waals surface area (Å²) in [6.07, 6.45) is 0.326. The maximum atomic E-state index is 13.7. The average molecular weight is 403 g/mol. The van der Waals surface area contributed by atoms with E-state index in [1.807, 2.05) is 79.7 Å². The molecule has 1 aliphatic carbocycles. The molecular formula is C25H22O3S. The van der Waals surface area contributed by atoms with Gasteiger partial charge < -0.3 is 4.74 Å². The Morgan fingerprint density at radius 2 is 1.76 bits per heavy atom. The number of carbonyl (C=O) groups excluding carboxylic acids is 2. The van der Waals surface area contributed by atoms with Crippen LogP contribution in [0, 0.1) is 6.92 Å². The van der Waals surface area contributed by atoms with Crippen LogP contribution in [0.25, 0.3) is 0 Å². The molecule has 0 amide bonds. The van der Waals surface area contributed by atoms with E-state index in [1.54, 1.807) is 18.7 Å². The van der Waals surface area contributed by atoms with Gasteiger partial charge in [-0.25, -0.2) is 0 Å². The van der Waals surface area contributed by atoms with Crippen molar-refractivity contribution >= 4 is 23.5 Å². The quantitative estimate of drug-likeness (QED) is 0.424. The Labute approximate surface area is 175 Å². The summed E-state index contributed by atoms with van der Waals surface area (Å²) in [5.74, 6) is -0.643. The summed E-state index contributed by atoms with van der Waals surface area (Å²) in [7, 11) is 0. The molecule has 0 saturated heterocycles. The monoisotopic (exact) mass is 402 g/mol. The first-order valence-corrected chi connectivity index (χ1v) is 10.5. The van der Waals surface area contributed by atoms with Crippen LogP contribution in [0.1, 0.15) is 34.0 Å². The number of hydrogen-bond acceptors (Lipinski definition) is 4. The number of benzene rings is 3. The highest BCUT2D eigenvalue weighted by atomic mass is 32.2. The van der Waals surface area contributed by atoms with Gasteiger partial charge in [-0.05, 0) is 49.2 Å². The minimum atomic E-state index is -1.34. The third-order valence-corrected chi connectivity index (χ3v) is 6.38. The van der Waals surface area contributed by atoms with Crippen LogP contribution in [0.2, 0.25) is 0 Å². The zero-order chi connectivity index (χ0) is 20.4. The summed E-state index contributed by atoms with van der Waals surface area (Å²) in [5.41, 5.74) is 1.89. The summed E-state index contributed by atoms with van der Waals surface area (Å²) in [4.78, 5) is 28.9. The van der Waals surface area contributed by atoms with Crippen molar-refractivity contribution in [1.82, 2.24) is 0 Å². The molecule has 0 fully saturated rings. The Bertz CT molecular complexity index is 1070. The number of fused-ring (bicyclic) bond motifs is 1. The van der Waals surface area contributed by atoms with E-state index in [4.69, 9.17) is 4.74 Å². The van der Waals surface area contributed by atoms with Gasteiger partial charge in [0.1, 0.15) is 0 Å². The molecule has 0 N–H and O–H groups in total. The highest BCUT2D eigenvalue weighted by Crippen LogP contribution is 2.45. The first-order valence-electron chi connectivity index (χ1n) is 9.70. The Hall–Kier alpha value is -2.85. The second-order valence-corrected chi connectivity index (χ2v) is 8.32. The number of rotatable bonds is 5. The van der Waals surface area contributed by atoms with Crippen molar-refractivity contribution in [2.45, 2.75) is 35.5 Å². The lowest BCUT2D eigenvalue weighted by Gasteiger charge is -2.27. The number of aryl methyl sites for hydroxylation is 1. The SMILES string of the molecule is CCOC(=O)C1(c2ccccc2Sc2ccccc2)Cc2ccc(C)cc2C1=O. The highest BCUT2D eigenvalue weighted by Gasteiger charge is 2.55. The smallest absolute Gasteiger partial charge is 0.324 e. The molecule has 3 aromatic rings. The molecule has 0 spiro atoms. The van der Waals surface area contributed by atoms with Crippen molar-refractivity contribution in [3.63, 3.8) is 0 Å². The lowest BCUT2D eigenvalue weighted by atomic mass is 9.76. The summed E-state index contributed by atoms with van der Waals surface area (Å²) in [6.45, 7) is 3.96. The summed E-state index contributed by atoms with van der Waals surface area (Å²) >= 11 is 1.56. The van der Waals surface area contributed by atoms with Crippen LogP contribution >= 0.6 is 11.8 Å². The molecule has 4 heteroatoms. The van der Waals surface area contributed by atoms with Crippen LogP contribution in [0.5, 0.6) is 0 Å². The molecule has 0 saturated carbocycles. The topological polar surface area (TPSA) is 43.4 Å². The molecule has 146 valence electrons. The van der Waals surface area contributed by atoms with Crippen molar-refractivity contribution < 1.29 is 14.3 Å². The van der Waals surface area contributed by atoms with Crippen LogP contribution in [-0.4, -0.2) is 18.4 Å². The normalized spacial score (nSPS) is 17.8. The fourth-order valence-electron chi connectivity index (χ4n) is 3.92. The van der Waals surface area contributed by atoms with Crippen molar-refractivity contribution in [2.75, 3.05) is 6.61 Å². The number of hydrogen-bond donors (Lipinski definition) is 0. The van der Waals surface area contributed by atoms with Crippen LogP contribution in [0.4, 0.5) is 0 Å². The van der Waals surface area contributed by atoms with Crippen LogP contribution in [0.15, 0.2) is 82.6 Å². The van der Waals surface area contributed by atoms with Crippen LogP contribution in [-0.2, 0) is 21.4 Å². The molecule has 0 aliphatic heterocycles. The lowest BCUT2D eigenvalue weighted by Crippen LogP contribution is -2.43. The van der Waals surface area contributed by atoms with E-state index in [1.165, 1.54) is 0 Å². The van der Waals surface area contributed by atoms with Gasteiger partial charge in [-0.2, -0.15) is 0 Å². The molecule has 0 bridgehead atoms. The predicted octanol–water partition coefficient (Wildman–Crippen LogP) is 5.39. The maximum Gasteiger partial charge on any atom is 0.324 e. The molecule has 0 aromatic heterocycles. The number of Topliss-reactive ketones (excluding diaryl/α,β-unsaturated/α-hetero) is 1. The van der Waals surface area contributed by atoms with Crippen molar-refractivity contribution in [2.24, 2.45) is 0 Å². The standard InChI is InChI=1S/C25H22O3S/c1-3-28-24(27)25(16-18-14-13-17(2)15-20(18)23(25)26)21-11-7-8-12-22(21)29-19-9-5-4-6-10-19/h4-15H,3,16H2,1-2H3. The minimum Gasteiger partial charge on any atom is -0.465 e. The molecule has 3 aromatic carbocycles. The summed E-state index contributed by atoms with van der Waals surface area (Å²) in [5, 5.41) is 0. The maximum absolute atomic E-state index is 13.7. The molecule has 1 atom stereocenters. The lowest BCUT2D eigenvalue weighted by molar-refractivity contribution is -0.148. The van der Waals surface area contributed by atoms with E-state index in [0.29, 0.717) is 17.5 Å². The first kappa shape index (κ1) is 19.5. The van der Waals surface area contributed by atoms with E-state index in [2.05, 4.69) is 0 Å². The predicted molar refractivity (Wildman–Crippen MR) is 115 cm³/mol. The van der Waals surface area contributed by atoms with Gasteiger partial charge in [-0.3, -0.25) is 9.59 Å². The third kappa shape index (κ3) is 3.38. The molecule has 3 nitrogen and oxygen atoms in total. The number of ketones is 1. The van der Waals surface area contributed by atoms with Gasteiger partial charge in [-0.1, -0.05) is 65.9 Å². The Balaban J connectivity index is 1.87. The van der Waals surface area contributed by atoms with E-state index >= 15 is 0 Å². The second-order valence-electron chi connectivity index (χ2n) is 7.20. The summed E-state index contributed by atoms with van der Waals surface area (Å²) < 4.78 is 5.45.